The predicted octanol–water partition coefficient (Wildman–Crippen LogP) is 1.88. The van der Waals surface area contributed by atoms with Gasteiger partial charge >= 0.3 is 0 Å². The second-order valence-electron chi connectivity index (χ2n) is 5.66. The van der Waals surface area contributed by atoms with Gasteiger partial charge in [-0.15, -0.1) is 0 Å². The standard InChI is InChI=1S/C15H16BrNO3/c1-19-11-5-10(16)9-6-17-7-15-3-2-8(18)4-12(15)20-14(11)13(9)15/h2-3,5,8,12,17-18H,4,6-7H2,1H3/t8-,12?,15?/m0/s1. The van der Waals surface area contributed by atoms with E-state index in [1.54, 1.807) is 7.11 Å². The highest BCUT2D eigenvalue weighted by Gasteiger charge is 2.53. The third-order valence-electron chi connectivity index (χ3n) is 4.61. The van der Waals surface area contributed by atoms with Gasteiger partial charge in [-0.1, -0.05) is 28.1 Å². The first kappa shape index (κ1) is 12.7. The molecular formula is C15H16BrNO3. The van der Waals surface area contributed by atoms with Gasteiger partial charge in [-0.3, -0.25) is 0 Å². The summed E-state index contributed by atoms with van der Waals surface area (Å²) in [6, 6.07) is 1.96. The zero-order valence-electron chi connectivity index (χ0n) is 11.1. The normalized spacial score (nSPS) is 33.4. The van der Waals surface area contributed by atoms with Gasteiger partial charge < -0.3 is 19.9 Å². The second kappa shape index (κ2) is 4.23. The molecule has 0 amide bonds. The molecular weight excluding hydrogens is 322 g/mol. The third kappa shape index (κ3) is 1.48. The highest BCUT2D eigenvalue weighted by atomic mass is 79.9. The minimum atomic E-state index is -0.431. The minimum Gasteiger partial charge on any atom is -0.493 e. The van der Waals surface area contributed by atoms with Crippen molar-refractivity contribution in [3.8, 4) is 11.5 Å². The topological polar surface area (TPSA) is 50.7 Å². The Balaban J connectivity index is 2.00. The molecule has 20 heavy (non-hydrogen) atoms. The van der Waals surface area contributed by atoms with E-state index in [0.717, 1.165) is 29.1 Å². The van der Waals surface area contributed by atoms with Crippen molar-refractivity contribution in [2.24, 2.45) is 0 Å². The molecule has 3 atom stereocenters. The maximum Gasteiger partial charge on any atom is 0.166 e. The smallest absolute Gasteiger partial charge is 0.166 e. The summed E-state index contributed by atoms with van der Waals surface area (Å²) in [7, 11) is 1.66. The van der Waals surface area contributed by atoms with Gasteiger partial charge in [0, 0.05) is 29.5 Å². The van der Waals surface area contributed by atoms with Crippen LogP contribution < -0.4 is 14.8 Å². The van der Waals surface area contributed by atoms with Gasteiger partial charge in [-0.05, 0) is 11.6 Å². The van der Waals surface area contributed by atoms with E-state index in [0.29, 0.717) is 6.42 Å². The highest BCUT2D eigenvalue weighted by Crippen LogP contribution is 2.55. The molecule has 4 rings (SSSR count). The van der Waals surface area contributed by atoms with E-state index in [9.17, 15) is 5.11 Å². The number of methoxy groups -OCH3 is 1. The average molecular weight is 338 g/mol. The number of ether oxygens (including phenoxy) is 2. The molecule has 0 saturated heterocycles. The van der Waals surface area contributed by atoms with Crippen LogP contribution in [0.4, 0.5) is 0 Å². The second-order valence-corrected chi connectivity index (χ2v) is 6.51. The van der Waals surface area contributed by atoms with Crippen LogP contribution >= 0.6 is 15.9 Å². The van der Waals surface area contributed by atoms with Crippen LogP contribution in [0.3, 0.4) is 0 Å². The van der Waals surface area contributed by atoms with Gasteiger partial charge in [0.15, 0.2) is 11.5 Å². The lowest BCUT2D eigenvalue weighted by Gasteiger charge is -2.39. The molecule has 1 aromatic carbocycles. The summed E-state index contributed by atoms with van der Waals surface area (Å²) in [6.45, 7) is 1.65. The van der Waals surface area contributed by atoms with Crippen molar-refractivity contribution in [2.75, 3.05) is 13.7 Å². The van der Waals surface area contributed by atoms with Gasteiger partial charge in [0.2, 0.25) is 0 Å². The molecule has 2 N–H and O–H groups in total. The molecule has 4 nitrogen and oxygen atoms in total. The van der Waals surface area contributed by atoms with Crippen molar-refractivity contribution in [2.45, 2.75) is 30.6 Å². The summed E-state index contributed by atoms with van der Waals surface area (Å²) in [4.78, 5) is 0. The SMILES string of the molecule is COc1cc(Br)c2c3c1OC1C[C@@H](O)C=CC31CNC2. The molecule has 1 aromatic rings. The average Bonchev–Trinajstić information content (AvgIpc) is 2.78. The van der Waals surface area contributed by atoms with Gasteiger partial charge in [-0.2, -0.15) is 0 Å². The Morgan fingerprint density at radius 3 is 3.20 bits per heavy atom. The first-order valence-electron chi connectivity index (χ1n) is 6.80. The lowest BCUT2D eigenvalue weighted by Crippen LogP contribution is -2.51. The van der Waals surface area contributed by atoms with Crippen molar-refractivity contribution in [3.05, 3.63) is 33.8 Å². The lowest BCUT2D eigenvalue weighted by atomic mass is 9.69. The molecule has 5 heteroatoms. The monoisotopic (exact) mass is 337 g/mol. The van der Waals surface area contributed by atoms with E-state index < -0.39 is 6.10 Å². The highest BCUT2D eigenvalue weighted by molar-refractivity contribution is 9.10. The Morgan fingerprint density at radius 1 is 1.55 bits per heavy atom. The van der Waals surface area contributed by atoms with Crippen molar-refractivity contribution >= 4 is 15.9 Å². The first-order valence-corrected chi connectivity index (χ1v) is 7.59. The first-order chi connectivity index (χ1) is 9.65. The number of rotatable bonds is 1. The molecule has 2 heterocycles. The largest absolute Gasteiger partial charge is 0.493 e. The van der Waals surface area contributed by atoms with Crippen molar-refractivity contribution in [1.82, 2.24) is 5.32 Å². The fourth-order valence-electron chi connectivity index (χ4n) is 3.67. The van der Waals surface area contributed by atoms with Gasteiger partial charge in [0.1, 0.15) is 6.10 Å². The fourth-order valence-corrected chi connectivity index (χ4v) is 4.22. The Labute approximate surface area is 125 Å². The third-order valence-corrected chi connectivity index (χ3v) is 5.32. The summed E-state index contributed by atoms with van der Waals surface area (Å²) >= 11 is 3.64. The Kier molecular flexibility index (Phi) is 2.68. The molecule has 1 aliphatic carbocycles. The van der Waals surface area contributed by atoms with Crippen molar-refractivity contribution in [1.29, 1.82) is 0 Å². The Bertz CT molecular complexity index is 616. The van der Waals surface area contributed by atoms with E-state index >= 15 is 0 Å². The molecule has 0 saturated carbocycles. The molecule has 2 aliphatic heterocycles. The number of aliphatic hydroxyl groups is 1. The lowest BCUT2D eigenvalue weighted by molar-refractivity contribution is 0.0859. The molecule has 0 bridgehead atoms. The Hall–Kier alpha value is -1.04. The van der Waals surface area contributed by atoms with E-state index in [-0.39, 0.29) is 11.5 Å². The summed E-state index contributed by atoms with van der Waals surface area (Å²) < 4.78 is 12.7. The van der Waals surface area contributed by atoms with Gasteiger partial charge in [0.05, 0.1) is 18.6 Å². The summed E-state index contributed by atoms with van der Waals surface area (Å²) in [6.07, 6.45) is 4.15. The van der Waals surface area contributed by atoms with Crippen LogP contribution in [0.2, 0.25) is 0 Å². The minimum absolute atomic E-state index is 0.0350. The molecule has 0 fully saturated rings. The van der Waals surface area contributed by atoms with Crippen LogP contribution in [0.25, 0.3) is 0 Å². The zero-order chi connectivity index (χ0) is 13.9. The molecule has 0 radical (unpaired) electrons. The van der Waals surface area contributed by atoms with E-state index in [1.807, 2.05) is 12.1 Å². The number of benzene rings is 1. The number of hydrogen-bond donors (Lipinski definition) is 2. The molecule has 3 aliphatic rings. The van der Waals surface area contributed by atoms with Crippen LogP contribution in [0.5, 0.6) is 11.5 Å². The number of aliphatic hydroxyl groups excluding tert-OH is 1. The molecule has 106 valence electrons. The Morgan fingerprint density at radius 2 is 2.40 bits per heavy atom. The van der Waals surface area contributed by atoms with Crippen LogP contribution in [0, 0.1) is 0 Å². The van der Waals surface area contributed by atoms with Crippen LogP contribution in [-0.2, 0) is 12.0 Å². The van der Waals surface area contributed by atoms with E-state index in [4.69, 9.17) is 9.47 Å². The molecule has 0 aromatic heterocycles. The summed E-state index contributed by atoms with van der Waals surface area (Å²) in [5.74, 6) is 1.60. The molecule has 1 spiro atoms. The fraction of sp³-hybridized carbons (Fsp3) is 0.467. The van der Waals surface area contributed by atoms with Crippen LogP contribution in [-0.4, -0.2) is 31.0 Å². The molecule has 2 unspecified atom stereocenters. The van der Waals surface area contributed by atoms with Crippen molar-refractivity contribution in [3.63, 3.8) is 0 Å². The maximum absolute atomic E-state index is 9.89. The van der Waals surface area contributed by atoms with Crippen LogP contribution in [0.1, 0.15) is 17.5 Å². The van der Waals surface area contributed by atoms with Crippen molar-refractivity contribution < 1.29 is 14.6 Å². The summed E-state index contributed by atoms with van der Waals surface area (Å²) in [5.41, 5.74) is 2.27. The van der Waals surface area contributed by atoms with Crippen LogP contribution in [0.15, 0.2) is 22.7 Å². The van der Waals surface area contributed by atoms with E-state index in [1.165, 1.54) is 11.1 Å². The number of halogens is 1. The maximum atomic E-state index is 9.89. The summed E-state index contributed by atoms with van der Waals surface area (Å²) in [5, 5.41) is 13.4. The zero-order valence-corrected chi connectivity index (χ0v) is 12.7. The quantitative estimate of drug-likeness (QED) is 0.768. The number of hydrogen-bond acceptors (Lipinski definition) is 4. The van der Waals surface area contributed by atoms with Gasteiger partial charge in [0.25, 0.3) is 0 Å². The number of nitrogens with one attached hydrogen (secondary N) is 1. The van der Waals surface area contributed by atoms with E-state index in [2.05, 4.69) is 27.3 Å². The predicted molar refractivity (Wildman–Crippen MR) is 78.3 cm³/mol. The van der Waals surface area contributed by atoms with Gasteiger partial charge in [-0.25, -0.2) is 0 Å².